The van der Waals surface area contributed by atoms with Gasteiger partial charge in [0.05, 0.1) is 0 Å². The van der Waals surface area contributed by atoms with E-state index in [1.54, 1.807) is 0 Å². The molecule has 4 heteroatoms. The van der Waals surface area contributed by atoms with Crippen LogP contribution in [0.5, 0.6) is 0 Å². The van der Waals surface area contributed by atoms with Crippen molar-refractivity contribution in [2.75, 3.05) is 0 Å². The van der Waals surface area contributed by atoms with Crippen molar-refractivity contribution in [3.8, 4) is 11.3 Å². The van der Waals surface area contributed by atoms with Crippen LogP contribution in [-0.4, -0.2) is 15.9 Å². The molecule has 3 nitrogen and oxygen atoms in total. The van der Waals surface area contributed by atoms with Crippen LogP contribution in [-0.2, 0) is 24.9 Å². The van der Waals surface area contributed by atoms with E-state index in [0.717, 1.165) is 17.2 Å². The Bertz CT molecular complexity index is 1240. The van der Waals surface area contributed by atoms with Crippen molar-refractivity contribution in [2.45, 2.75) is 87.0 Å². The summed E-state index contributed by atoms with van der Waals surface area (Å²) in [5, 5.41) is 12.1. The molecule has 1 aliphatic carbocycles. The third-order valence-corrected chi connectivity index (χ3v) is 6.79. The van der Waals surface area contributed by atoms with Gasteiger partial charge in [-0.1, -0.05) is 86.4 Å². The average Bonchev–Trinajstić information content (AvgIpc) is 3.32. The molecule has 0 aliphatic heterocycles. The van der Waals surface area contributed by atoms with Gasteiger partial charge in [-0.15, -0.1) is 34.9 Å². The molecule has 2 aromatic carbocycles. The van der Waals surface area contributed by atoms with Gasteiger partial charge in [-0.2, -0.15) is 0 Å². The van der Waals surface area contributed by atoms with Crippen LogP contribution in [0.15, 0.2) is 54.4 Å². The third kappa shape index (κ3) is 8.35. The van der Waals surface area contributed by atoms with Crippen molar-refractivity contribution in [2.24, 2.45) is 10.8 Å². The number of aryl methyl sites for hydroxylation is 2. The molecule has 0 atom stereocenters. The van der Waals surface area contributed by atoms with Crippen molar-refractivity contribution >= 4 is 16.6 Å². The first-order valence-corrected chi connectivity index (χ1v) is 13.1. The molecule has 1 aliphatic rings. The molecule has 1 saturated carbocycles. The van der Waals surface area contributed by atoms with Gasteiger partial charge in [-0.25, -0.2) is 0 Å². The number of pyridine rings is 1. The van der Waals surface area contributed by atoms with E-state index in [9.17, 15) is 9.90 Å². The molecule has 0 bridgehead atoms. The number of allylic oxidation sites excluding steroid dienone is 2. The molecule has 1 heterocycles. The number of aliphatic hydroxyl groups is 1. The molecule has 0 amide bonds. The fourth-order valence-corrected chi connectivity index (χ4v) is 4.50. The second-order valence-corrected chi connectivity index (χ2v) is 12.3. The maximum absolute atomic E-state index is 11.5. The molecular formula is C33H42IrNO2-. The number of carbonyl (C=O) groups excluding carboxylic acids is 1. The van der Waals surface area contributed by atoms with Gasteiger partial charge in [-0.3, -0.25) is 4.79 Å². The number of ketones is 1. The SMILES string of the molecule is CC(C)(C)C(=O)/C=C(\O)C(C)(C)C.Cc1[c-]c(-c2nccc3cc(C4CCCC4)ccc23)cc(C)c1.[Ir]. The third-order valence-electron chi connectivity index (χ3n) is 6.79. The Morgan fingerprint density at radius 1 is 0.973 bits per heavy atom. The molecule has 1 fully saturated rings. The largest absolute Gasteiger partial charge is 0.512 e. The van der Waals surface area contributed by atoms with Crippen molar-refractivity contribution in [1.29, 1.82) is 0 Å². The predicted octanol–water partition coefficient (Wildman–Crippen LogP) is 9.06. The van der Waals surface area contributed by atoms with E-state index < -0.39 is 5.41 Å². The predicted molar refractivity (Wildman–Crippen MR) is 151 cm³/mol. The number of nitrogens with zero attached hydrogens (tertiary/aromatic N) is 1. The van der Waals surface area contributed by atoms with Crippen molar-refractivity contribution in [3.05, 3.63) is 77.2 Å². The van der Waals surface area contributed by atoms with Crippen molar-refractivity contribution in [1.82, 2.24) is 4.98 Å². The van der Waals surface area contributed by atoms with Gasteiger partial charge >= 0.3 is 0 Å². The van der Waals surface area contributed by atoms with Gasteiger partial charge in [-0.05, 0) is 46.9 Å². The summed E-state index contributed by atoms with van der Waals surface area (Å²) in [6.07, 6.45) is 8.70. The van der Waals surface area contributed by atoms with E-state index in [-0.39, 0.29) is 37.1 Å². The normalized spacial score (nSPS) is 14.6. The van der Waals surface area contributed by atoms with E-state index in [1.807, 2.05) is 47.7 Å². The zero-order valence-corrected chi connectivity index (χ0v) is 26.1. The first kappa shape index (κ1) is 30.9. The van der Waals surface area contributed by atoms with E-state index in [4.69, 9.17) is 0 Å². The minimum Gasteiger partial charge on any atom is -0.512 e. The molecule has 1 N–H and O–H groups in total. The molecule has 0 unspecified atom stereocenters. The quantitative estimate of drug-likeness (QED) is 0.171. The zero-order valence-electron chi connectivity index (χ0n) is 23.7. The Morgan fingerprint density at radius 3 is 2.19 bits per heavy atom. The van der Waals surface area contributed by atoms with Crippen LogP contribution in [0.3, 0.4) is 0 Å². The zero-order chi connectivity index (χ0) is 26.7. The summed E-state index contributed by atoms with van der Waals surface area (Å²) < 4.78 is 0. The van der Waals surface area contributed by atoms with Crippen molar-refractivity contribution < 1.29 is 30.0 Å². The van der Waals surface area contributed by atoms with Crippen LogP contribution in [0.4, 0.5) is 0 Å². The summed E-state index contributed by atoms with van der Waals surface area (Å²) in [4.78, 5) is 16.1. The average molecular weight is 677 g/mol. The summed E-state index contributed by atoms with van der Waals surface area (Å²) in [5.74, 6) is 0.858. The Balaban J connectivity index is 0.000000299. The van der Waals surface area contributed by atoms with Gasteiger partial charge in [0, 0.05) is 43.2 Å². The van der Waals surface area contributed by atoms with Crippen LogP contribution < -0.4 is 0 Å². The number of hydrogen-bond acceptors (Lipinski definition) is 3. The van der Waals surface area contributed by atoms with E-state index in [1.165, 1.54) is 59.2 Å². The fraction of sp³-hybridized carbons (Fsp3) is 0.455. The Labute approximate surface area is 237 Å². The first-order chi connectivity index (χ1) is 16.8. The second kappa shape index (κ2) is 12.5. The Morgan fingerprint density at radius 2 is 1.62 bits per heavy atom. The van der Waals surface area contributed by atoms with Crippen LogP contribution in [0, 0.1) is 30.7 Å². The number of hydrogen-bond donors (Lipinski definition) is 1. The number of carbonyl (C=O) groups is 1. The maximum atomic E-state index is 11.5. The van der Waals surface area contributed by atoms with Crippen molar-refractivity contribution in [3.63, 3.8) is 0 Å². The van der Waals surface area contributed by atoms with Crippen LogP contribution in [0.1, 0.15) is 89.8 Å². The van der Waals surface area contributed by atoms with Crippen LogP contribution in [0.25, 0.3) is 22.0 Å². The topological polar surface area (TPSA) is 50.2 Å². The molecule has 1 aromatic heterocycles. The number of aliphatic hydroxyl groups excluding tert-OH is 1. The number of benzene rings is 2. The van der Waals surface area contributed by atoms with E-state index in [0.29, 0.717) is 0 Å². The molecule has 201 valence electrons. The molecule has 0 saturated heterocycles. The standard InChI is InChI=1S/C22H22N.C11H20O2.Ir/c1-15-11-16(2)13-20(12-15)22-21-8-7-18(17-5-3-4-6-17)14-19(21)9-10-23-22;1-10(2,3)8(12)7-9(13)11(4,5)6;/h7-12,14,17H,3-6H2,1-2H3;7,12H,1-6H3;/q-1;;/b;8-7-;. The Kier molecular flexibility index (Phi) is 10.5. The summed E-state index contributed by atoms with van der Waals surface area (Å²) >= 11 is 0. The second-order valence-electron chi connectivity index (χ2n) is 12.3. The molecule has 1 radical (unpaired) electrons. The van der Waals surface area contributed by atoms with E-state index >= 15 is 0 Å². The summed E-state index contributed by atoms with van der Waals surface area (Å²) in [6.45, 7) is 15.3. The van der Waals surface area contributed by atoms with Gasteiger partial charge in [0.2, 0.25) is 0 Å². The number of aromatic nitrogens is 1. The molecule has 4 rings (SSSR count). The molecular weight excluding hydrogens is 635 g/mol. The molecule has 37 heavy (non-hydrogen) atoms. The Hall–Kier alpha value is -2.29. The minimum atomic E-state index is -0.417. The smallest absolute Gasteiger partial charge is 0.164 e. The fourth-order valence-electron chi connectivity index (χ4n) is 4.50. The van der Waals surface area contributed by atoms with Crippen LogP contribution in [0.2, 0.25) is 0 Å². The van der Waals surface area contributed by atoms with Gasteiger partial charge in [0.25, 0.3) is 0 Å². The number of rotatable bonds is 3. The maximum Gasteiger partial charge on any atom is 0.164 e. The minimum absolute atomic E-state index is 0. The van der Waals surface area contributed by atoms with Crippen LogP contribution >= 0.6 is 0 Å². The van der Waals surface area contributed by atoms with Gasteiger partial charge in [0.1, 0.15) is 5.76 Å². The monoisotopic (exact) mass is 677 g/mol. The number of fused-ring (bicyclic) bond motifs is 1. The van der Waals surface area contributed by atoms with Gasteiger partial charge in [0.15, 0.2) is 5.78 Å². The first-order valence-electron chi connectivity index (χ1n) is 13.1. The van der Waals surface area contributed by atoms with E-state index in [2.05, 4.69) is 61.3 Å². The summed E-state index contributed by atoms with van der Waals surface area (Å²) in [5.41, 5.74) is 5.31. The summed E-state index contributed by atoms with van der Waals surface area (Å²) in [7, 11) is 0. The molecule has 0 spiro atoms. The summed E-state index contributed by atoms with van der Waals surface area (Å²) in [6, 6.07) is 16.9. The van der Waals surface area contributed by atoms with Gasteiger partial charge < -0.3 is 10.1 Å². The molecule has 3 aromatic rings.